The van der Waals surface area contributed by atoms with Crippen LogP contribution in [0.1, 0.15) is 43.4 Å². The molecular formula is C24H31N5O3. The van der Waals surface area contributed by atoms with Crippen LogP contribution in [0.2, 0.25) is 0 Å². The number of carbonyl (C=O) groups is 1. The fourth-order valence-corrected chi connectivity index (χ4v) is 4.73. The highest BCUT2D eigenvalue weighted by atomic mass is 16.7. The first kappa shape index (κ1) is 20.8. The van der Waals surface area contributed by atoms with E-state index in [-0.39, 0.29) is 12.7 Å². The van der Waals surface area contributed by atoms with Crippen molar-refractivity contribution in [3.8, 4) is 11.5 Å². The lowest BCUT2D eigenvalue weighted by Crippen LogP contribution is -2.49. The van der Waals surface area contributed by atoms with E-state index < -0.39 is 0 Å². The van der Waals surface area contributed by atoms with E-state index in [1.807, 2.05) is 36.1 Å². The van der Waals surface area contributed by atoms with Gasteiger partial charge in [-0.1, -0.05) is 25.3 Å². The Bertz CT molecular complexity index is 968. The summed E-state index contributed by atoms with van der Waals surface area (Å²) < 4.78 is 10.8. The van der Waals surface area contributed by atoms with Crippen LogP contribution >= 0.6 is 0 Å². The molecule has 0 bridgehead atoms. The molecule has 2 fully saturated rings. The Kier molecular flexibility index (Phi) is 6.01. The zero-order valence-electron chi connectivity index (χ0n) is 18.7. The van der Waals surface area contributed by atoms with Gasteiger partial charge in [0.05, 0.1) is 6.42 Å². The number of amides is 1. The molecule has 170 valence electrons. The fraction of sp³-hybridized carbons (Fsp3) is 0.542. The van der Waals surface area contributed by atoms with E-state index in [0.29, 0.717) is 25.6 Å². The summed E-state index contributed by atoms with van der Waals surface area (Å²) in [6.45, 7) is 5.19. The molecule has 1 aromatic carbocycles. The van der Waals surface area contributed by atoms with Crippen molar-refractivity contribution in [3.05, 3.63) is 35.5 Å². The molecule has 3 heterocycles. The van der Waals surface area contributed by atoms with Gasteiger partial charge in [0.25, 0.3) is 0 Å². The minimum atomic E-state index is 0.141. The molecule has 1 aromatic heterocycles. The third-order valence-electron chi connectivity index (χ3n) is 6.53. The van der Waals surface area contributed by atoms with Gasteiger partial charge in [0, 0.05) is 44.0 Å². The lowest BCUT2D eigenvalue weighted by atomic mass is 9.96. The Balaban J connectivity index is 1.17. The highest BCUT2D eigenvalue weighted by Gasteiger charge is 2.24. The molecule has 0 unspecified atom stereocenters. The zero-order valence-corrected chi connectivity index (χ0v) is 18.7. The SMILES string of the molecule is Cc1cc(N2CCN(C(=O)Cc3ccc4c(c3)OCO4)CC2)nc(NC2CCCCC2)n1. The smallest absolute Gasteiger partial charge is 0.231 e. The number of rotatable bonds is 5. The predicted octanol–water partition coefficient (Wildman–Crippen LogP) is 3.15. The van der Waals surface area contributed by atoms with Crippen molar-refractivity contribution < 1.29 is 14.3 Å². The summed E-state index contributed by atoms with van der Waals surface area (Å²) in [7, 11) is 0. The van der Waals surface area contributed by atoms with E-state index in [1.54, 1.807) is 0 Å². The van der Waals surface area contributed by atoms with E-state index in [4.69, 9.17) is 14.5 Å². The second-order valence-corrected chi connectivity index (χ2v) is 8.90. The number of benzene rings is 1. The number of anilines is 2. The largest absolute Gasteiger partial charge is 0.454 e. The summed E-state index contributed by atoms with van der Waals surface area (Å²) in [6, 6.07) is 8.23. The number of nitrogens with one attached hydrogen (secondary N) is 1. The van der Waals surface area contributed by atoms with Crippen molar-refractivity contribution in [2.75, 3.05) is 43.2 Å². The first-order valence-corrected chi connectivity index (χ1v) is 11.7. The minimum Gasteiger partial charge on any atom is -0.454 e. The quantitative estimate of drug-likeness (QED) is 0.770. The highest BCUT2D eigenvalue weighted by molar-refractivity contribution is 5.79. The zero-order chi connectivity index (χ0) is 21.9. The third-order valence-corrected chi connectivity index (χ3v) is 6.53. The van der Waals surface area contributed by atoms with Gasteiger partial charge >= 0.3 is 0 Å². The molecule has 0 atom stereocenters. The summed E-state index contributed by atoms with van der Waals surface area (Å²) in [5.41, 5.74) is 1.92. The third kappa shape index (κ3) is 4.74. The number of ether oxygens (including phenoxy) is 2. The lowest BCUT2D eigenvalue weighted by molar-refractivity contribution is -0.130. The monoisotopic (exact) mass is 437 g/mol. The van der Waals surface area contributed by atoms with E-state index in [2.05, 4.69) is 15.2 Å². The molecule has 1 saturated carbocycles. The van der Waals surface area contributed by atoms with Crippen LogP contribution in [0.3, 0.4) is 0 Å². The van der Waals surface area contributed by atoms with Gasteiger partial charge < -0.3 is 24.6 Å². The number of fused-ring (bicyclic) bond motifs is 1. The van der Waals surface area contributed by atoms with Crippen molar-refractivity contribution in [2.45, 2.75) is 51.5 Å². The first-order valence-electron chi connectivity index (χ1n) is 11.7. The maximum absolute atomic E-state index is 12.8. The molecule has 32 heavy (non-hydrogen) atoms. The van der Waals surface area contributed by atoms with Gasteiger partial charge in [-0.2, -0.15) is 4.98 Å². The van der Waals surface area contributed by atoms with Crippen LogP contribution in [-0.2, 0) is 11.2 Å². The van der Waals surface area contributed by atoms with Crippen molar-refractivity contribution in [1.29, 1.82) is 0 Å². The Labute approximate surface area is 188 Å². The number of aromatic nitrogens is 2. The Morgan fingerprint density at radius 2 is 1.81 bits per heavy atom. The molecule has 2 aromatic rings. The number of hydrogen-bond donors (Lipinski definition) is 1. The topological polar surface area (TPSA) is 79.8 Å². The fourth-order valence-electron chi connectivity index (χ4n) is 4.73. The summed E-state index contributed by atoms with van der Waals surface area (Å²) in [6.07, 6.45) is 6.64. The van der Waals surface area contributed by atoms with Crippen LogP contribution < -0.4 is 19.7 Å². The van der Waals surface area contributed by atoms with Crippen molar-refractivity contribution in [3.63, 3.8) is 0 Å². The molecule has 0 radical (unpaired) electrons. The minimum absolute atomic E-state index is 0.141. The van der Waals surface area contributed by atoms with Crippen LogP contribution in [0, 0.1) is 6.92 Å². The van der Waals surface area contributed by atoms with Gasteiger partial charge in [0.1, 0.15) is 5.82 Å². The van der Waals surface area contributed by atoms with Crippen LogP contribution in [-0.4, -0.2) is 59.8 Å². The Hall–Kier alpha value is -3.03. The number of aryl methyl sites for hydroxylation is 1. The summed E-state index contributed by atoms with van der Waals surface area (Å²) in [5, 5.41) is 3.54. The molecular weight excluding hydrogens is 406 g/mol. The number of piperazine rings is 1. The predicted molar refractivity (Wildman–Crippen MR) is 122 cm³/mol. The van der Waals surface area contributed by atoms with Crippen LogP contribution in [0.4, 0.5) is 11.8 Å². The Morgan fingerprint density at radius 3 is 2.62 bits per heavy atom. The van der Waals surface area contributed by atoms with Crippen molar-refractivity contribution >= 4 is 17.7 Å². The van der Waals surface area contributed by atoms with Gasteiger partial charge in [0.2, 0.25) is 18.6 Å². The molecule has 3 aliphatic rings. The van der Waals surface area contributed by atoms with Crippen LogP contribution in [0.5, 0.6) is 11.5 Å². The number of hydrogen-bond acceptors (Lipinski definition) is 7. The number of carbonyl (C=O) groups excluding carboxylic acids is 1. The van der Waals surface area contributed by atoms with Gasteiger partial charge in [-0.3, -0.25) is 4.79 Å². The molecule has 8 heteroatoms. The average molecular weight is 438 g/mol. The van der Waals surface area contributed by atoms with Crippen molar-refractivity contribution in [1.82, 2.24) is 14.9 Å². The van der Waals surface area contributed by atoms with E-state index in [1.165, 1.54) is 32.1 Å². The highest BCUT2D eigenvalue weighted by Crippen LogP contribution is 2.32. The number of nitrogens with zero attached hydrogens (tertiary/aromatic N) is 4. The van der Waals surface area contributed by atoms with E-state index in [0.717, 1.165) is 47.6 Å². The van der Waals surface area contributed by atoms with Crippen molar-refractivity contribution in [2.24, 2.45) is 0 Å². The van der Waals surface area contributed by atoms with E-state index >= 15 is 0 Å². The second kappa shape index (κ2) is 9.22. The van der Waals surface area contributed by atoms with Gasteiger partial charge in [0.15, 0.2) is 11.5 Å². The van der Waals surface area contributed by atoms with Crippen LogP contribution in [0.25, 0.3) is 0 Å². The normalized spacial score (nSPS) is 18.7. The molecule has 5 rings (SSSR count). The molecule has 1 amide bonds. The summed E-state index contributed by atoms with van der Waals surface area (Å²) >= 11 is 0. The lowest BCUT2D eigenvalue weighted by Gasteiger charge is -2.35. The van der Waals surface area contributed by atoms with E-state index in [9.17, 15) is 4.79 Å². The molecule has 2 aliphatic heterocycles. The molecule has 0 spiro atoms. The summed E-state index contributed by atoms with van der Waals surface area (Å²) in [5.74, 6) is 3.28. The maximum Gasteiger partial charge on any atom is 0.231 e. The molecule has 1 N–H and O–H groups in total. The summed E-state index contributed by atoms with van der Waals surface area (Å²) in [4.78, 5) is 26.4. The maximum atomic E-state index is 12.8. The second-order valence-electron chi connectivity index (χ2n) is 8.90. The van der Waals surface area contributed by atoms with Gasteiger partial charge in [-0.25, -0.2) is 4.98 Å². The van der Waals surface area contributed by atoms with Gasteiger partial charge in [-0.15, -0.1) is 0 Å². The first-order chi connectivity index (χ1) is 15.6. The average Bonchev–Trinajstić information content (AvgIpc) is 3.27. The molecule has 8 nitrogen and oxygen atoms in total. The molecule has 1 saturated heterocycles. The molecule has 1 aliphatic carbocycles. The Morgan fingerprint density at radius 1 is 1.03 bits per heavy atom. The standard InChI is InChI=1S/C24H31N5O3/c1-17-13-22(27-24(25-17)26-19-5-3-2-4-6-19)28-9-11-29(12-10-28)23(30)15-18-7-8-20-21(14-18)32-16-31-20/h7-8,13-14,19H,2-6,9-12,15-16H2,1H3,(H,25,26,27). The van der Waals surface area contributed by atoms with Gasteiger partial charge in [-0.05, 0) is 37.5 Å². The van der Waals surface area contributed by atoms with Crippen LogP contribution in [0.15, 0.2) is 24.3 Å².